The first-order valence-electron chi connectivity index (χ1n) is 10.0. The predicted molar refractivity (Wildman–Crippen MR) is 117 cm³/mol. The number of carbonyl (C=O) groups excluding carboxylic acids is 2. The number of benzene rings is 2. The highest BCUT2D eigenvalue weighted by atomic mass is 16.6. The van der Waals surface area contributed by atoms with Crippen molar-refractivity contribution in [1.82, 2.24) is 9.88 Å². The van der Waals surface area contributed by atoms with Crippen LogP contribution in [0.3, 0.4) is 0 Å². The third kappa shape index (κ3) is 3.63. The van der Waals surface area contributed by atoms with Gasteiger partial charge in [0, 0.05) is 60.6 Å². The van der Waals surface area contributed by atoms with Gasteiger partial charge >= 0.3 is 0 Å². The molecule has 0 saturated carbocycles. The maximum absolute atomic E-state index is 13.0. The lowest BCUT2D eigenvalue weighted by molar-refractivity contribution is -0.384. The van der Waals surface area contributed by atoms with Gasteiger partial charge in [0.2, 0.25) is 0 Å². The number of fused-ring (bicyclic) bond motifs is 1. The van der Waals surface area contributed by atoms with E-state index in [2.05, 4.69) is 4.98 Å². The van der Waals surface area contributed by atoms with Gasteiger partial charge < -0.3 is 19.7 Å². The number of H-pyrrole nitrogens is 1. The molecule has 0 spiro atoms. The lowest BCUT2D eigenvalue weighted by Gasteiger charge is -2.24. The number of rotatable bonds is 7. The fraction of sp³-hybridized carbons (Fsp3) is 0.217. The van der Waals surface area contributed by atoms with Gasteiger partial charge in [-0.25, -0.2) is 0 Å². The van der Waals surface area contributed by atoms with E-state index < -0.39 is 22.7 Å². The molecule has 1 amide bonds. The SMILES string of the molecule is COCCCN1C(=O)C(=O)/C(=C(/O)c2ccc([N+](=O)[O-])cc2)C1c1c[nH]c2ccccc12. The van der Waals surface area contributed by atoms with Crippen LogP contribution in [0.5, 0.6) is 0 Å². The molecule has 2 aromatic carbocycles. The molecule has 1 atom stereocenters. The highest BCUT2D eigenvalue weighted by Crippen LogP contribution is 2.42. The number of carbonyl (C=O) groups is 2. The molecule has 9 heteroatoms. The third-order valence-corrected chi connectivity index (χ3v) is 5.55. The van der Waals surface area contributed by atoms with Crippen LogP contribution in [0, 0.1) is 10.1 Å². The van der Waals surface area contributed by atoms with Gasteiger partial charge in [-0.15, -0.1) is 0 Å². The number of aliphatic hydroxyl groups is 1. The summed E-state index contributed by atoms with van der Waals surface area (Å²) in [5, 5.41) is 22.8. The monoisotopic (exact) mass is 435 g/mol. The summed E-state index contributed by atoms with van der Waals surface area (Å²) in [6, 6.07) is 11.9. The minimum atomic E-state index is -0.807. The number of ether oxygens (including phenoxy) is 1. The van der Waals surface area contributed by atoms with Gasteiger partial charge in [-0.1, -0.05) is 18.2 Å². The van der Waals surface area contributed by atoms with Gasteiger partial charge in [0.15, 0.2) is 0 Å². The Morgan fingerprint density at radius 3 is 2.59 bits per heavy atom. The van der Waals surface area contributed by atoms with Crippen molar-refractivity contribution in [2.24, 2.45) is 0 Å². The largest absolute Gasteiger partial charge is 0.507 e. The number of nitro benzene ring substituents is 1. The van der Waals surface area contributed by atoms with Crippen LogP contribution in [-0.4, -0.2) is 51.9 Å². The summed E-state index contributed by atoms with van der Waals surface area (Å²) >= 11 is 0. The average Bonchev–Trinajstić information content (AvgIpc) is 3.33. The number of hydrogen-bond donors (Lipinski definition) is 2. The van der Waals surface area contributed by atoms with Gasteiger partial charge in [0.25, 0.3) is 17.4 Å². The molecular formula is C23H21N3O6. The minimum absolute atomic E-state index is 0.0500. The number of aromatic nitrogens is 1. The molecule has 1 aliphatic heterocycles. The van der Waals surface area contributed by atoms with E-state index in [9.17, 15) is 24.8 Å². The third-order valence-electron chi connectivity index (χ3n) is 5.55. The van der Waals surface area contributed by atoms with E-state index in [1.165, 1.54) is 29.2 Å². The van der Waals surface area contributed by atoms with Crippen LogP contribution in [0.2, 0.25) is 0 Å². The minimum Gasteiger partial charge on any atom is -0.507 e. The molecule has 0 aliphatic carbocycles. The number of nitrogens with one attached hydrogen (secondary N) is 1. The number of aliphatic hydroxyl groups excluding tert-OH is 1. The Kier molecular flexibility index (Phi) is 5.74. The van der Waals surface area contributed by atoms with Crippen molar-refractivity contribution in [1.29, 1.82) is 0 Å². The molecule has 2 N–H and O–H groups in total. The molecule has 9 nitrogen and oxygen atoms in total. The molecule has 1 aliphatic rings. The van der Waals surface area contributed by atoms with Crippen molar-refractivity contribution in [3.63, 3.8) is 0 Å². The molecule has 0 bridgehead atoms. The van der Waals surface area contributed by atoms with Gasteiger partial charge in [-0.2, -0.15) is 0 Å². The number of non-ortho nitro benzene ring substituents is 1. The zero-order chi connectivity index (χ0) is 22.8. The summed E-state index contributed by atoms with van der Waals surface area (Å²) in [5.74, 6) is -1.88. The molecule has 1 saturated heterocycles. The van der Waals surface area contributed by atoms with Crippen LogP contribution in [0.25, 0.3) is 16.7 Å². The number of hydrogen-bond acceptors (Lipinski definition) is 6. The van der Waals surface area contributed by atoms with Gasteiger partial charge in [-0.3, -0.25) is 19.7 Å². The van der Waals surface area contributed by atoms with Gasteiger partial charge in [0.1, 0.15) is 5.76 Å². The van der Waals surface area contributed by atoms with Crippen LogP contribution in [-0.2, 0) is 14.3 Å². The number of likely N-dealkylation sites (tertiary alicyclic amines) is 1. The maximum atomic E-state index is 13.0. The molecule has 2 heterocycles. The molecule has 32 heavy (non-hydrogen) atoms. The van der Waals surface area contributed by atoms with E-state index >= 15 is 0 Å². The van der Waals surface area contributed by atoms with Crippen LogP contribution < -0.4 is 0 Å². The van der Waals surface area contributed by atoms with Crippen molar-refractivity contribution in [2.75, 3.05) is 20.3 Å². The first kappa shape index (κ1) is 21.3. The molecule has 1 unspecified atom stereocenters. The quantitative estimate of drug-likeness (QED) is 0.146. The fourth-order valence-corrected chi connectivity index (χ4v) is 4.03. The van der Waals surface area contributed by atoms with Crippen molar-refractivity contribution in [3.05, 3.63) is 81.5 Å². The number of para-hydroxylation sites is 1. The standard InChI is InChI=1S/C23H21N3O6/c1-32-12-4-11-25-20(17-13-24-18-6-3-2-5-16(17)18)19(22(28)23(25)29)21(27)14-7-9-15(10-8-14)26(30)31/h2-3,5-10,13,20,24,27H,4,11-12H2,1H3/b21-19+. The highest BCUT2D eigenvalue weighted by Gasteiger charge is 2.46. The molecule has 1 fully saturated rings. The summed E-state index contributed by atoms with van der Waals surface area (Å²) in [7, 11) is 1.56. The summed E-state index contributed by atoms with van der Waals surface area (Å²) in [4.78, 5) is 40.9. The Bertz CT molecular complexity index is 1230. The number of methoxy groups -OCH3 is 1. The number of amides is 1. The number of Topliss-reactive ketones (excluding diaryl/α,β-unsaturated/α-hetero) is 1. The van der Waals surface area contributed by atoms with Crippen LogP contribution in [0.1, 0.15) is 23.6 Å². The number of ketones is 1. The fourth-order valence-electron chi connectivity index (χ4n) is 4.03. The Morgan fingerprint density at radius 1 is 1.19 bits per heavy atom. The van der Waals surface area contributed by atoms with Crippen molar-refractivity contribution in [2.45, 2.75) is 12.5 Å². The van der Waals surface area contributed by atoms with Crippen molar-refractivity contribution < 1.29 is 24.4 Å². The normalized spacial score (nSPS) is 17.9. The predicted octanol–water partition coefficient (Wildman–Crippen LogP) is 3.53. The Morgan fingerprint density at radius 2 is 1.91 bits per heavy atom. The first-order valence-corrected chi connectivity index (χ1v) is 10.0. The Balaban J connectivity index is 1.86. The zero-order valence-corrected chi connectivity index (χ0v) is 17.3. The summed E-state index contributed by atoms with van der Waals surface area (Å²) < 4.78 is 5.09. The van der Waals surface area contributed by atoms with Crippen LogP contribution >= 0.6 is 0 Å². The second-order valence-electron chi connectivity index (χ2n) is 7.43. The van der Waals surface area contributed by atoms with E-state index in [1.807, 2.05) is 24.3 Å². The lowest BCUT2D eigenvalue weighted by atomic mass is 9.95. The topological polar surface area (TPSA) is 126 Å². The van der Waals surface area contributed by atoms with Gasteiger partial charge in [-0.05, 0) is 24.6 Å². The Hall–Kier alpha value is -3.98. The smallest absolute Gasteiger partial charge is 0.295 e. The molecule has 0 radical (unpaired) electrons. The number of aromatic amines is 1. The maximum Gasteiger partial charge on any atom is 0.295 e. The van der Waals surface area contributed by atoms with E-state index in [-0.39, 0.29) is 29.1 Å². The molecule has 164 valence electrons. The second-order valence-corrected chi connectivity index (χ2v) is 7.43. The first-order chi connectivity index (χ1) is 15.4. The number of nitro groups is 1. The molecule has 3 aromatic rings. The second kappa shape index (κ2) is 8.64. The summed E-state index contributed by atoms with van der Waals surface area (Å²) in [5.41, 5.74) is 1.54. The van der Waals surface area contributed by atoms with Crippen molar-refractivity contribution >= 4 is 34.0 Å². The summed E-state index contributed by atoms with van der Waals surface area (Å²) in [6.07, 6.45) is 2.24. The Labute approximate surface area is 183 Å². The van der Waals surface area contributed by atoms with Crippen LogP contribution in [0.4, 0.5) is 5.69 Å². The van der Waals surface area contributed by atoms with Crippen molar-refractivity contribution in [3.8, 4) is 0 Å². The van der Waals surface area contributed by atoms with Gasteiger partial charge in [0.05, 0.1) is 16.5 Å². The molecular weight excluding hydrogens is 414 g/mol. The molecule has 4 rings (SSSR count). The molecule has 1 aromatic heterocycles. The van der Waals surface area contributed by atoms with E-state index in [0.717, 1.165) is 10.9 Å². The van der Waals surface area contributed by atoms with E-state index in [0.29, 0.717) is 18.6 Å². The van der Waals surface area contributed by atoms with E-state index in [4.69, 9.17) is 4.74 Å². The average molecular weight is 435 g/mol. The lowest BCUT2D eigenvalue weighted by Crippen LogP contribution is -2.31. The van der Waals surface area contributed by atoms with Crippen LogP contribution in [0.15, 0.2) is 60.3 Å². The number of nitrogens with zero attached hydrogens (tertiary/aromatic N) is 2. The summed E-state index contributed by atoms with van der Waals surface area (Å²) in [6.45, 7) is 0.672. The zero-order valence-electron chi connectivity index (χ0n) is 17.3. The van der Waals surface area contributed by atoms with E-state index in [1.54, 1.807) is 13.3 Å². The highest BCUT2D eigenvalue weighted by molar-refractivity contribution is 6.46.